The van der Waals surface area contributed by atoms with Gasteiger partial charge in [-0.3, -0.25) is 0 Å². The highest BCUT2D eigenvalue weighted by Gasteiger charge is 2.43. The van der Waals surface area contributed by atoms with Gasteiger partial charge in [0.25, 0.3) is 0 Å². The van der Waals surface area contributed by atoms with Crippen LogP contribution in [0.1, 0.15) is 25.5 Å². The molecule has 31 heavy (non-hydrogen) atoms. The number of aromatic hydroxyl groups is 1. The van der Waals surface area contributed by atoms with Crippen LogP contribution in [0.15, 0.2) is 18.2 Å². The Morgan fingerprint density at radius 2 is 1.58 bits per heavy atom. The molecule has 0 bridgehead atoms. The Labute approximate surface area is 181 Å². The SMILES string of the molecule is COc1cc(-c2c([C@@H]3O[C@H](OC)[C@@H](C)[C@@H]3C)cc3c(c2OC)OCO3)cc(OC)c1O. The summed E-state index contributed by atoms with van der Waals surface area (Å²) in [5.74, 6) is 2.47. The molecule has 4 atom stereocenters. The van der Waals surface area contributed by atoms with Gasteiger partial charge in [0.05, 0.1) is 27.4 Å². The van der Waals surface area contributed by atoms with Gasteiger partial charge >= 0.3 is 0 Å². The van der Waals surface area contributed by atoms with Gasteiger partial charge in [-0.15, -0.1) is 0 Å². The molecule has 1 fully saturated rings. The van der Waals surface area contributed by atoms with Crippen molar-refractivity contribution in [3.05, 3.63) is 23.8 Å². The number of benzene rings is 2. The maximum atomic E-state index is 10.4. The van der Waals surface area contributed by atoms with Gasteiger partial charge in [0.15, 0.2) is 29.3 Å². The third kappa shape index (κ3) is 3.40. The summed E-state index contributed by atoms with van der Waals surface area (Å²) in [5, 5.41) is 10.4. The number of phenolic OH excluding ortho intramolecular Hbond substituents is 1. The van der Waals surface area contributed by atoms with Crippen LogP contribution >= 0.6 is 0 Å². The van der Waals surface area contributed by atoms with E-state index in [9.17, 15) is 5.11 Å². The van der Waals surface area contributed by atoms with E-state index >= 15 is 0 Å². The molecule has 1 N–H and O–H groups in total. The van der Waals surface area contributed by atoms with E-state index < -0.39 is 0 Å². The van der Waals surface area contributed by atoms with Crippen molar-refractivity contribution in [2.75, 3.05) is 35.2 Å². The quantitative estimate of drug-likeness (QED) is 0.729. The standard InChI is InChI=1S/C23H28O8/c1-11-12(2)23(28-6)31-20(11)14-9-17-21(30-10-29-17)22(27-5)18(14)13-7-15(25-3)19(24)16(8-13)26-4/h7-9,11-12,20,23-24H,10H2,1-6H3/t11-,12-,20+,23-/m0/s1. The molecule has 2 aromatic rings. The van der Waals surface area contributed by atoms with Gasteiger partial charge in [-0.25, -0.2) is 0 Å². The second-order valence-electron chi connectivity index (χ2n) is 7.72. The van der Waals surface area contributed by atoms with Crippen LogP contribution in [-0.4, -0.2) is 46.6 Å². The van der Waals surface area contributed by atoms with Gasteiger partial charge in [-0.2, -0.15) is 0 Å². The van der Waals surface area contributed by atoms with Gasteiger partial charge < -0.3 is 38.3 Å². The Bertz CT molecular complexity index is 948. The predicted molar refractivity (Wildman–Crippen MR) is 112 cm³/mol. The summed E-state index contributed by atoms with van der Waals surface area (Å²) in [7, 11) is 6.21. The number of phenols is 1. The first-order chi connectivity index (χ1) is 14.9. The summed E-state index contributed by atoms with van der Waals surface area (Å²) in [6.45, 7) is 4.34. The van der Waals surface area contributed by atoms with Crippen molar-refractivity contribution in [2.24, 2.45) is 11.8 Å². The molecule has 0 amide bonds. The van der Waals surface area contributed by atoms with Crippen LogP contribution in [0.2, 0.25) is 0 Å². The number of methoxy groups -OCH3 is 4. The summed E-state index contributed by atoms with van der Waals surface area (Å²) < 4.78 is 39.8. The van der Waals surface area contributed by atoms with Crippen molar-refractivity contribution in [3.63, 3.8) is 0 Å². The zero-order valence-electron chi connectivity index (χ0n) is 18.6. The van der Waals surface area contributed by atoms with Gasteiger partial charge in [0, 0.05) is 18.6 Å². The van der Waals surface area contributed by atoms with Crippen molar-refractivity contribution in [2.45, 2.75) is 26.2 Å². The first-order valence-electron chi connectivity index (χ1n) is 10.1. The van der Waals surface area contributed by atoms with Gasteiger partial charge in [0.1, 0.15) is 0 Å². The van der Waals surface area contributed by atoms with E-state index in [-0.39, 0.29) is 48.3 Å². The van der Waals surface area contributed by atoms with Crippen LogP contribution in [0.25, 0.3) is 11.1 Å². The van der Waals surface area contributed by atoms with Crippen molar-refractivity contribution in [3.8, 4) is 45.6 Å². The van der Waals surface area contributed by atoms with Crippen LogP contribution in [0.5, 0.6) is 34.5 Å². The Hall–Kier alpha value is -2.84. The van der Waals surface area contributed by atoms with E-state index in [1.807, 2.05) is 6.07 Å². The molecule has 8 nitrogen and oxygen atoms in total. The lowest BCUT2D eigenvalue weighted by molar-refractivity contribution is -0.130. The molecule has 2 aliphatic rings. The lowest BCUT2D eigenvalue weighted by atomic mass is 9.85. The van der Waals surface area contributed by atoms with Crippen LogP contribution in [-0.2, 0) is 9.47 Å². The highest BCUT2D eigenvalue weighted by Crippen LogP contribution is 2.55. The van der Waals surface area contributed by atoms with Gasteiger partial charge in [-0.1, -0.05) is 13.8 Å². The normalized spacial score (nSPS) is 24.3. The lowest BCUT2D eigenvalue weighted by Gasteiger charge is -2.23. The predicted octanol–water partition coefficient (Wildman–Crippen LogP) is 4.13. The highest BCUT2D eigenvalue weighted by molar-refractivity contribution is 5.83. The van der Waals surface area contributed by atoms with E-state index in [4.69, 9.17) is 33.2 Å². The van der Waals surface area contributed by atoms with Crippen LogP contribution in [0.4, 0.5) is 0 Å². The van der Waals surface area contributed by atoms with Gasteiger partial charge in [-0.05, 0) is 35.2 Å². The smallest absolute Gasteiger partial charge is 0.231 e. The summed E-state index contributed by atoms with van der Waals surface area (Å²) in [6, 6.07) is 5.40. The van der Waals surface area contributed by atoms with Crippen molar-refractivity contribution >= 4 is 0 Å². The van der Waals surface area contributed by atoms with Gasteiger partial charge in [0.2, 0.25) is 18.3 Å². The zero-order chi connectivity index (χ0) is 22.3. The lowest BCUT2D eigenvalue weighted by Crippen LogP contribution is -2.17. The topological polar surface area (TPSA) is 84.8 Å². The zero-order valence-corrected chi connectivity index (χ0v) is 18.6. The minimum atomic E-state index is -0.326. The summed E-state index contributed by atoms with van der Waals surface area (Å²) in [5.41, 5.74) is 2.35. The van der Waals surface area contributed by atoms with Crippen LogP contribution < -0.4 is 23.7 Å². The maximum absolute atomic E-state index is 10.4. The highest BCUT2D eigenvalue weighted by atomic mass is 16.7. The molecule has 168 valence electrons. The molecule has 0 saturated carbocycles. The number of fused-ring (bicyclic) bond motifs is 1. The average Bonchev–Trinajstić information content (AvgIpc) is 3.37. The van der Waals surface area contributed by atoms with Crippen LogP contribution in [0.3, 0.4) is 0 Å². The molecule has 8 heteroatoms. The minimum absolute atomic E-state index is 0.0754. The minimum Gasteiger partial charge on any atom is -0.502 e. The number of rotatable bonds is 6. The van der Waals surface area contributed by atoms with E-state index in [1.165, 1.54) is 14.2 Å². The third-order valence-electron chi connectivity index (χ3n) is 6.18. The summed E-state index contributed by atoms with van der Waals surface area (Å²) >= 11 is 0. The summed E-state index contributed by atoms with van der Waals surface area (Å²) in [6.07, 6.45) is -0.600. The Morgan fingerprint density at radius 3 is 2.13 bits per heavy atom. The molecular formula is C23H28O8. The second-order valence-corrected chi connectivity index (χ2v) is 7.72. The Kier molecular flexibility index (Phi) is 5.77. The number of hydrogen-bond donors (Lipinski definition) is 1. The fraction of sp³-hybridized carbons (Fsp3) is 0.478. The molecule has 2 heterocycles. The Morgan fingerprint density at radius 1 is 0.903 bits per heavy atom. The molecule has 0 aromatic heterocycles. The molecule has 0 spiro atoms. The molecule has 0 aliphatic carbocycles. The molecule has 2 aliphatic heterocycles. The monoisotopic (exact) mass is 432 g/mol. The van der Waals surface area contributed by atoms with E-state index in [0.717, 1.165) is 16.7 Å². The molecule has 1 saturated heterocycles. The second kappa shape index (κ2) is 8.36. The largest absolute Gasteiger partial charge is 0.502 e. The fourth-order valence-corrected chi connectivity index (χ4v) is 4.33. The molecule has 4 rings (SSSR count). The van der Waals surface area contributed by atoms with E-state index in [2.05, 4.69) is 13.8 Å². The van der Waals surface area contributed by atoms with Crippen molar-refractivity contribution in [1.29, 1.82) is 0 Å². The van der Waals surface area contributed by atoms with Crippen LogP contribution in [0, 0.1) is 11.8 Å². The molecular weight excluding hydrogens is 404 g/mol. The fourth-order valence-electron chi connectivity index (χ4n) is 4.33. The number of ether oxygens (including phenoxy) is 7. The summed E-state index contributed by atoms with van der Waals surface area (Å²) in [4.78, 5) is 0. The van der Waals surface area contributed by atoms with E-state index in [1.54, 1.807) is 26.4 Å². The molecule has 0 unspecified atom stereocenters. The van der Waals surface area contributed by atoms with E-state index in [0.29, 0.717) is 17.2 Å². The maximum Gasteiger partial charge on any atom is 0.231 e. The number of hydrogen-bond acceptors (Lipinski definition) is 8. The first kappa shape index (κ1) is 21.4. The molecule has 0 radical (unpaired) electrons. The average molecular weight is 432 g/mol. The van der Waals surface area contributed by atoms with Crippen molar-refractivity contribution in [1.82, 2.24) is 0 Å². The first-order valence-corrected chi connectivity index (χ1v) is 10.1. The third-order valence-corrected chi connectivity index (χ3v) is 6.18. The molecule has 2 aromatic carbocycles. The Balaban J connectivity index is 1.98. The van der Waals surface area contributed by atoms with Crippen molar-refractivity contribution < 1.29 is 38.3 Å².